The number of amides is 2. The summed E-state index contributed by atoms with van der Waals surface area (Å²) in [4.78, 5) is 25.9. The van der Waals surface area contributed by atoms with Crippen LogP contribution in [0.15, 0.2) is 42.5 Å². The first-order valence-electron chi connectivity index (χ1n) is 12.5. The van der Waals surface area contributed by atoms with E-state index in [4.69, 9.17) is 25.8 Å². The normalized spacial score (nSPS) is 25.9. The van der Waals surface area contributed by atoms with Gasteiger partial charge in [0.25, 0.3) is 0 Å². The molecular weight excluding hydrogens is 484 g/mol. The molecule has 192 valence electrons. The van der Waals surface area contributed by atoms with Crippen LogP contribution in [0, 0.1) is 5.92 Å². The molecule has 9 heteroatoms. The van der Waals surface area contributed by atoms with Crippen molar-refractivity contribution < 1.29 is 28.9 Å². The predicted octanol–water partition coefficient (Wildman–Crippen LogP) is 3.41. The molecule has 3 N–H and O–H groups in total. The molecule has 3 aliphatic heterocycles. The number of halogens is 1. The number of hydrogen-bond acceptors (Lipinski definition) is 6. The zero-order valence-corrected chi connectivity index (χ0v) is 20.7. The summed E-state index contributed by atoms with van der Waals surface area (Å²) in [7, 11) is 0. The third-order valence-corrected chi connectivity index (χ3v) is 7.41. The Kier molecular flexibility index (Phi) is 7.76. The Labute approximate surface area is 215 Å². The lowest BCUT2D eigenvalue weighted by molar-refractivity contribution is -0.148. The van der Waals surface area contributed by atoms with Crippen molar-refractivity contribution in [1.29, 1.82) is 0 Å². The van der Waals surface area contributed by atoms with E-state index >= 15 is 0 Å². The molecule has 0 aromatic heterocycles. The number of hydrogen-bond donors (Lipinski definition) is 3. The number of aliphatic hydroxyl groups excluding tert-OH is 1. The highest BCUT2D eigenvalue weighted by molar-refractivity contribution is 6.30. The number of aliphatic hydroxyl groups is 1. The number of rotatable bonds is 7. The molecule has 0 radical (unpaired) electrons. The van der Waals surface area contributed by atoms with E-state index in [-0.39, 0.29) is 36.9 Å². The van der Waals surface area contributed by atoms with Crippen LogP contribution in [0.3, 0.4) is 0 Å². The molecule has 2 saturated heterocycles. The fourth-order valence-electron chi connectivity index (χ4n) is 5.34. The zero-order valence-electron chi connectivity index (χ0n) is 20.0. The van der Waals surface area contributed by atoms with Crippen LogP contribution in [0.5, 0.6) is 5.75 Å². The summed E-state index contributed by atoms with van der Waals surface area (Å²) in [5.74, 6) is -0.442. The molecule has 36 heavy (non-hydrogen) atoms. The second-order valence-electron chi connectivity index (χ2n) is 9.63. The lowest BCUT2D eigenvalue weighted by Gasteiger charge is -2.40. The van der Waals surface area contributed by atoms with Gasteiger partial charge in [-0.15, -0.1) is 0 Å². The van der Waals surface area contributed by atoms with E-state index in [0.29, 0.717) is 36.9 Å². The van der Waals surface area contributed by atoms with Gasteiger partial charge in [0.2, 0.25) is 11.8 Å². The van der Waals surface area contributed by atoms with Gasteiger partial charge in [0.1, 0.15) is 11.9 Å². The van der Waals surface area contributed by atoms with Crippen molar-refractivity contribution in [2.75, 3.05) is 25.1 Å². The molecule has 2 bridgehead atoms. The second kappa shape index (κ2) is 11.2. The van der Waals surface area contributed by atoms with Gasteiger partial charge in [-0.05, 0) is 42.3 Å². The van der Waals surface area contributed by atoms with Crippen LogP contribution in [0.25, 0.3) is 0 Å². The van der Waals surface area contributed by atoms with E-state index in [2.05, 4.69) is 10.6 Å². The van der Waals surface area contributed by atoms with Crippen LogP contribution in [0.2, 0.25) is 5.02 Å². The van der Waals surface area contributed by atoms with Crippen LogP contribution in [0.1, 0.15) is 42.7 Å². The molecule has 8 nitrogen and oxygen atoms in total. The fraction of sp³-hybridized carbons (Fsp3) is 0.481. The van der Waals surface area contributed by atoms with E-state index in [1.54, 1.807) is 12.1 Å². The number of carbonyl (C=O) groups is 2. The van der Waals surface area contributed by atoms with E-state index in [1.165, 1.54) is 0 Å². The Morgan fingerprint density at radius 2 is 1.94 bits per heavy atom. The topological polar surface area (TPSA) is 106 Å². The summed E-state index contributed by atoms with van der Waals surface area (Å²) in [5, 5.41) is 16.6. The second-order valence-corrected chi connectivity index (χ2v) is 10.1. The highest BCUT2D eigenvalue weighted by Gasteiger charge is 2.46. The average molecular weight is 515 g/mol. The molecule has 0 spiro atoms. The molecule has 2 amide bonds. The third kappa shape index (κ3) is 5.67. The highest BCUT2D eigenvalue weighted by atomic mass is 35.5. The number of fused-ring (bicyclic) bond motifs is 4. The monoisotopic (exact) mass is 514 g/mol. The van der Waals surface area contributed by atoms with E-state index in [1.807, 2.05) is 30.3 Å². The Morgan fingerprint density at radius 1 is 1.17 bits per heavy atom. The number of carbonyl (C=O) groups excluding carboxylic acids is 2. The third-order valence-electron chi connectivity index (χ3n) is 7.16. The van der Waals surface area contributed by atoms with Crippen LogP contribution in [-0.4, -0.2) is 55.1 Å². The van der Waals surface area contributed by atoms with Gasteiger partial charge in [-0.3, -0.25) is 9.59 Å². The van der Waals surface area contributed by atoms with Gasteiger partial charge >= 0.3 is 0 Å². The SMILES string of the molecule is O=C(C[C@@H]1C[C@H]2c3cc(ccc3OC3CCOCC3)NC(=O)[C@H]2[C@H](CO)O1)NCc1ccc(Cl)cc1. The smallest absolute Gasteiger partial charge is 0.230 e. The molecule has 0 saturated carbocycles. The van der Waals surface area contributed by atoms with Crippen molar-refractivity contribution in [2.45, 2.75) is 56.5 Å². The maximum absolute atomic E-state index is 13.1. The maximum Gasteiger partial charge on any atom is 0.230 e. The van der Waals surface area contributed by atoms with Crippen molar-refractivity contribution in [3.05, 3.63) is 58.6 Å². The summed E-state index contributed by atoms with van der Waals surface area (Å²) in [6, 6.07) is 13.0. The molecule has 2 aromatic rings. The molecule has 3 heterocycles. The van der Waals surface area contributed by atoms with Crippen molar-refractivity contribution >= 4 is 29.1 Å². The fourth-order valence-corrected chi connectivity index (χ4v) is 5.47. The molecule has 4 atom stereocenters. The zero-order chi connectivity index (χ0) is 25.1. The van der Waals surface area contributed by atoms with Gasteiger partial charge < -0.3 is 30.0 Å². The Morgan fingerprint density at radius 3 is 2.69 bits per heavy atom. The highest BCUT2D eigenvalue weighted by Crippen LogP contribution is 2.46. The van der Waals surface area contributed by atoms with Gasteiger partial charge in [-0.25, -0.2) is 0 Å². The van der Waals surface area contributed by atoms with Gasteiger partial charge in [0.15, 0.2) is 0 Å². The first kappa shape index (κ1) is 25.0. The van der Waals surface area contributed by atoms with Crippen LogP contribution in [-0.2, 0) is 25.6 Å². The number of ether oxygens (including phenoxy) is 3. The quantitative estimate of drug-likeness (QED) is 0.523. The van der Waals surface area contributed by atoms with Gasteiger partial charge in [0.05, 0.1) is 44.4 Å². The molecular formula is C27H31ClN2O6. The molecule has 3 aliphatic rings. The van der Waals surface area contributed by atoms with Gasteiger partial charge in [-0.1, -0.05) is 23.7 Å². The lowest BCUT2D eigenvalue weighted by Crippen LogP contribution is -2.48. The predicted molar refractivity (Wildman–Crippen MR) is 134 cm³/mol. The minimum Gasteiger partial charge on any atom is -0.490 e. The standard InChI is InChI=1S/C27H31ClN2O6/c28-17-3-1-16(2-4-17)14-29-25(32)13-20-12-22-21-11-18(30-27(33)26(22)24(15-31)36-20)5-6-23(21)35-19-7-9-34-10-8-19/h1-6,11,19-20,22,24,26,31H,7-10,12-15H2,(H,29,32)(H,30,33)/t20-,22-,24-,26+/m0/s1. The van der Waals surface area contributed by atoms with Crippen molar-refractivity contribution in [2.24, 2.45) is 5.92 Å². The maximum atomic E-state index is 13.1. The first-order valence-corrected chi connectivity index (χ1v) is 12.8. The lowest BCUT2D eigenvalue weighted by atomic mass is 9.76. The van der Waals surface area contributed by atoms with Gasteiger partial charge in [-0.2, -0.15) is 0 Å². The molecule has 0 aliphatic carbocycles. The Bertz CT molecular complexity index is 1090. The summed E-state index contributed by atoms with van der Waals surface area (Å²) in [5.41, 5.74) is 2.55. The van der Waals surface area contributed by atoms with Crippen molar-refractivity contribution in [1.82, 2.24) is 5.32 Å². The van der Waals surface area contributed by atoms with Crippen molar-refractivity contribution in [3.63, 3.8) is 0 Å². The van der Waals surface area contributed by atoms with Crippen LogP contribution in [0.4, 0.5) is 5.69 Å². The van der Waals surface area contributed by atoms with Crippen molar-refractivity contribution in [3.8, 4) is 5.75 Å². The van der Waals surface area contributed by atoms with Crippen LogP contribution < -0.4 is 15.4 Å². The average Bonchev–Trinajstić information content (AvgIpc) is 2.99. The van der Waals surface area contributed by atoms with E-state index in [9.17, 15) is 14.7 Å². The largest absolute Gasteiger partial charge is 0.490 e. The molecule has 5 rings (SSSR count). The summed E-state index contributed by atoms with van der Waals surface area (Å²) >= 11 is 5.93. The summed E-state index contributed by atoms with van der Waals surface area (Å²) in [6.45, 7) is 1.39. The van der Waals surface area contributed by atoms with Crippen LogP contribution >= 0.6 is 11.6 Å². The van der Waals surface area contributed by atoms with E-state index < -0.39 is 18.1 Å². The molecule has 2 fully saturated rings. The van der Waals surface area contributed by atoms with Gasteiger partial charge in [0, 0.05) is 41.6 Å². The summed E-state index contributed by atoms with van der Waals surface area (Å²) < 4.78 is 17.9. The number of nitrogens with one attached hydrogen (secondary N) is 2. The minimum absolute atomic E-state index is 0.0501. The Hall–Kier alpha value is -2.65. The number of anilines is 1. The first-order chi connectivity index (χ1) is 17.5. The Balaban J connectivity index is 1.32. The minimum atomic E-state index is -0.719. The molecule has 0 unspecified atom stereocenters. The number of benzene rings is 2. The summed E-state index contributed by atoms with van der Waals surface area (Å²) in [6.07, 6.45) is 1.11. The van der Waals surface area contributed by atoms with E-state index in [0.717, 1.165) is 29.7 Å². The molecule has 2 aromatic carbocycles.